The molecule has 3 heteroatoms. The summed E-state index contributed by atoms with van der Waals surface area (Å²) < 4.78 is 0. The second-order valence-electron chi connectivity index (χ2n) is 5.83. The first-order valence-corrected chi connectivity index (χ1v) is 6.88. The van der Waals surface area contributed by atoms with Crippen LogP contribution < -0.4 is 0 Å². The van der Waals surface area contributed by atoms with E-state index in [0.717, 1.165) is 32.4 Å². The molecule has 0 radical (unpaired) electrons. The monoisotopic (exact) mass is 263 g/mol. The minimum absolute atomic E-state index is 0.611. The van der Waals surface area contributed by atoms with E-state index in [1.54, 1.807) is 13.8 Å². The first kappa shape index (κ1) is 15.7. The van der Waals surface area contributed by atoms with Crippen LogP contribution in [-0.4, -0.2) is 36.1 Å². The zero-order valence-electron chi connectivity index (χ0n) is 12.2. The molecule has 0 aliphatic carbocycles. The van der Waals surface area contributed by atoms with E-state index in [-0.39, 0.29) is 0 Å². The van der Waals surface area contributed by atoms with Crippen LogP contribution in [0.5, 0.6) is 0 Å². The van der Waals surface area contributed by atoms with Crippen molar-refractivity contribution in [3.05, 3.63) is 35.9 Å². The zero-order chi connectivity index (χ0) is 14.3. The topological polar surface area (TPSA) is 40.5 Å². The summed E-state index contributed by atoms with van der Waals surface area (Å²) in [6.07, 6.45) is 2.68. The highest BCUT2D eigenvalue weighted by molar-refractivity contribution is 5.73. The summed E-state index contributed by atoms with van der Waals surface area (Å²) in [4.78, 5) is 13.3. The lowest BCUT2D eigenvalue weighted by Gasteiger charge is -2.21. The number of benzene rings is 1. The molecule has 0 unspecified atom stereocenters. The van der Waals surface area contributed by atoms with Crippen LogP contribution in [0.15, 0.2) is 30.3 Å². The normalized spacial score (nSPS) is 11.8. The molecule has 3 nitrogen and oxygen atoms in total. The van der Waals surface area contributed by atoms with E-state index in [2.05, 4.69) is 36.2 Å². The maximum atomic E-state index is 11.0. The second-order valence-corrected chi connectivity index (χ2v) is 5.83. The van der Waals surface area contributed by atoms with Gasteiger partial charge in [-0.05, 0) is 52.3 Å². The van der Waals surface area contributed by atoms with Crippen molar-refractivity contribution in [2.75, 3.05) is 20.1 Å². The predicted molar refractivity (Wildman–Crippen MR) is 78.3 cm³/mol. The number of aliphatic carboxylic acids is 1. The first-order valence-electron chi connectivity index (χ1n) is 6.88. The Morgan fingerprint density at radius 1 is 1.21 bits per heavy atom. The summed E-state index contributed by atoms with van der Waals surface area (Å²) >= 11 is 0. The highest BCUT2D eigenvalue weighted by atomic mass is 16.4. The maximum Gasteiger partial charge on any atom is 0.309 e. The Kier molecular flexibility index (Phi) is 6.03. The number of nitrogens with zero attached hydrogens (tertiary/aromatic N) is 1. The van der Waals surface area contributed by atoms with Crippen LogP contribution in [0.4, 0.5) is 0 Å². The fourth-order valence-electron chi connectivity index (χ4n) is 1.97. The third kappa shape index (κ3) is 5.88. The number of carboxylic acid groups (broad SMARTS) is 1. The number of hydrogen-bond donors (Lipinski definition) is 1. The quantitative estimate of drug-likeness (QED) is 0.783. The summed E-state index contributed by atoms with van der Waals surface area (Å²) in [5.41, 5.74) is 0.737. The van der Waals surface area contributed by atoms with Gasteiger partial charge in [-0.25, -0.2) is 0 Å². The van der Waals surface area contributed by atoms with E-state index in [1.165, 1.54) is 5.56 Å². The lowest BCUT2D eigenvalue weighted by molar-refractivity contribution is -0.147. The van der Waals surface area contributed by atoms with Gasteiger partial charge in [0, 0.05) is 6.54 Å². The van der Waals surface area contributed by atoms with Gasteiger partial charge in [-0.3, -0.25) is 4.79 Å². The molecule has 0 heterocycles. The van der Waals surface area contributed by atoms with Gasteiger partial charge < -0.3 is 10.0 Å². The van der Waals surface area contributed by atoms with Crippen LogP contribution in [0.2, 0.25) is 0 Å². The van der Waals surface area contributed by atoms with Crippen LogP contribution in [0.3, 0.4) is 0 Å². The highest BCUT2D eigenvalue weighted by Gasteiger charge is 2.26. The van der Waals surface area contributed by atoms with E-state index in [0.29, 0.717) is 0 Å². The fourth-order valence-corrected chi connectivity index (χ4v) is 1.97. The van der Waals surface area contributed by atoms with Gasteiger partial charge in [0.25, 0.3) is 0 Å². The number of likely N-dealkylation sites (N-methyl/N-ethyl adjacent to an activating group) is 1. The summed E-state index contributed by atoms with van der Waals surface area (Å²) in [6.45, 7) is 5.54. The van der Waals surface area contributed by atoms with Crippen molar-refractivity contribution in [3.8, 4) is 0 Å². The highest BCUT2D eigenvalue weighted by Crippen LogP contribution is 2.22. The summed E-state index contributed by atoms with van der Waals surface area (Å²) in [5.74, 6) is -0.709. The van der Waals surface area contributed by atoms with Crippen molar-refractivity contribution in [3.63, 3.8) is 0 Å². The van der Waals surface area contributed by atoms with E-state index in [1.807, 2.05) is 6.07 Å². The number of carbonyl (C=O) groups is 1. The van der Waals surface area contributed by atoms with Crippen molar-refractivity contribution in [2.24, 2.45) is 5.41 Å². The van der Waals surface area contributed by atoms with E-state index in [9.17, 15) is 4.79 Å². The predicted octanol–water partition coefficient (Wildman–Crippen LogP) is 3.05. The molecule has 0 aliphatic rings. The van der Waals surface area contributed by atoms with Gasteiger partial charge in [-0.2, -0.15) is 0 Å². The van der Waals surface area contributed by atoms with Crippen molar-refractivity contribution in [2.45, 2.75) is 33.1 Å². The Morgan fingerprint density at radius 3 is 2.42 bits per heavy atom. The Bertz CT molecular complexity index is 387. The lowest BCUT2D eigenvalue weighted by atomic mass is 9.88. The van der Waals surface area contributed by atoms with Crippen LogP contribution in [-0.2, 0) is 11.2 Å². The van der Waals surface area contributed by atoms with E-state index < -0.39 is 11.4 Å². The number of rotatable bonds is 8. The molecule has 106 valence electrons. The Morgan fingerprint density at radius 2 is 1.84 bits per heavy atom. The summed E-state index contributed by atoms with van der Waals surface area (Å²) in [6, 6.07) is 10.4. The molecule has 0 aromatic heterocycles. The Labute approximate surface area is 116 Å². The maximum absolute atomic E-state index is 11.0. The third-order valence-corrected chi connectivity index (χ3v) is 3.55. The smallest absolute Gasteiger partial charge is 0.309 e. The van der Waals surface area contributed by atoms with Gasteiger partial charge in [0.15, 0.2) is 0 Å². The molecule has 0 bridgehead atoms. The molecule has 1 aromatic carbocycles. The zero-order valence-corrected chi connectivity index (χ0v) is 12.2. The number of hydrogen-bond acceptors (Lipinski definition) is 2. The van der Waals surface area contributed by atoms with Gasteiger partial charge in [0.05, 0.1) is 5.41 Å². The van der Waals surface area contributed by atoms with Crippen molar-refractivity contribution < 1.29 is 9.90 Å². The van der Waals surface area contributed by atoms with Gasteiger partial charge >= 0.3 is 5.97 Å². The molecule has 0 amide bonds. The van der Waals surface area contributed by atoms with Crippen LogP contribution in [0.25, 0.3) is 0 Å². The minimum Gasteiger partial charge on any atom is -0.481 e. The molecule has 1 N–H and O–H groups in total. The molecular weight excluding hydrogens is 238 g/mol. The lowest BCUT2D eigenvalue weighted by Crippen LogP contribution is -2.27. The molecule has 0 spiro atoms. The third-order valence-electron chi connectivity index (χ3n) is 3.55. The summed E-state index contributed by atoms with van der Waals surface area (Å²) in [7, 11) is 2.09. The first-order chi connectivity index (χ1) is 8.92. The van der Waals surface area contributed by atoms with E-state index in [4.69, 9.17) is 5.11 Å². The standard InChI is InChI=1S/C16H25NO2/c1-16(2,15(18)19)11-7-12-17(3)13-10-14-8-5-4-6-9-14/h4-6,8-9H,7,10-13H2,1-3H3,(H,18,19). The van der Waals surface area contributed by atoms with Gasteiger partial charge in [-0.15, -0.1) is 0 Å². The van der Waals surface area contributed by atoms with Gasteiger partial charge in [0.2, 0.25) is 0 Å². The van der Waals surface area contributed by atoms with Crippen LogP contribution >= 0.6 is 0 Å². The Hall–Kier alpha value is -1.35. The largest absolute Gasteiger partial charge is 0.481 e. The molecule has 0 aliphatic heterocycles. The SMILES string of the molecule is CN(CCCC(C)(C)C(=O)O)CCc1ccccc1. The summed E-state index contributed by atoms with van der Waals surface area (Å²) in [5, 5.41) is 9.04. The van der Waals surface area contributed by atoms with E-state index >= 15 is 0 Å². The molecule has 0 saturated heterocycles. The average Bonchev–Trinajstić information content (AvgIpc) is 2.37. The average molecular weight is 263 g/mol. The molecule has 0 fully saturated rings. The number of carboxylic acids is 1. The van der Waals surface area contributed by atoms with Crippen molar-refractivity contribution in [1.82, 2.24) is 4.90 Å². The van der Waals surface area contributed by atoms with Crippen LogP contribution in [0.1, 0.15) is 32.3 Å². The minimum atomic E-state index is -0.709. The van der Waals surface area contributed by atoms with Gasteiger partial charge in [-0.1, -0.05) is 30.3 Å². The molecule has 0 atom stereocenters. The molecule has 19 heavy (non-hydrogen) atoms. The van der Waals surface area contributed by atoms with Crippen molar-refractivity contribution in [1.29, 1.82) is 0 Å². The molecule has 0 saturated carbocycles. The molecular formula is C16H25NO2. The second kappa shape index (κ2) is 7.29. The van der Waals surface area contributed by atoms with Gasteiger partial charge in [0.1, 0.15) is 0 Å². The van der Waals surface area contributed by atoms with Crippen LogP contribution in [0, 0.1) is 5.41 Å². The molecule has 1 aromatic rings. The Balaban J connectivity index is 2.22. The molecule has 1 rings (SSSR count). The van der Waals surface area contributed by atoms with Crippen molar-refractivity contribution >= 4 is 5.97 Å². The fraction of sp³-hybridized carbons (Fsp3) is 0.562.